The summed E-state index contributed by atoms with van der Waals surface area (Å²) in [5, 5.41) is 13.5. The van der Waals surface area contributed by atoms with Gasteiger partial charge in [0.2, 0.25) is 0 Å². The molecule has 3 nitrogen and oxygen atoms in total. The summed E-state index contributed by atoms with van der Waals surface area (Å²) in [7, 11) is 0. The van der Waals surface area contributed by atoms with E-state index >= 15 is 0 Å². The van der Waals surface area contributed by atoms with E-state index in [1.54, 1.807) is 0 Å². The van der Waals surface area contributed by atoms with Crippen molar-refractivity contribution < 1.29 is 9.90 Å². The van der Waals surface area contributed by atoms with Crippen LogP contribution in [0.2, 0.25) is 0 Å². The lowest BCUT2D eigenvalue weighted by molar-refractivity contribution is -0.109. The van der Waals surface area contributed by atoms with Crippen molar-refractivity contribution in [3.63, 3.8) is 0 Å². The van der Waals surface area contributed by atoms with E-state index in [-0.39, 0.29) is 5.76 Å². The number of aliphatic hydroxyl groups excluding tert-OH is 1. The van der Waals surface area contributed by atoms with Gasteiger partial charge >= 0.3 is 0 Å². The van der Waals surface area contributed by atoms with Crippen LogP contribution in [-0.2, 0) is 4.79 Å². The lowest BCUT2D eigenvalue weighted by atomic mass is 9.93. The number of benzene rings is 2. The standard InChI is InChI=1S/C16H13NO2/c18-10-14-12-8-4-5-9-13(12)16(19)15(17-14)11-6-2-1-3-7-11/h1-10,14,17,19H. The third-order valence-electron chi connectivity index (χ3n) is 3.29. The van der Waals surface area contributed by atoms with Gasteiger partial charge in [-0.15, -0.1) is 0 Å². The highest BCUT2D eigenvalue weighted by atomic mass is 16.3. The summed E-state index contributed by atoms with van der Waals surface area (Å²) in [5.74, 6) is 0.180. The third-order valence-corrected chi connectivity index (χ3v) is 3.29. The van der Waals surface area contributed by atoms with Crippen LogP contribution < -0.4 is 5.32 Å². The van der Waals surface area contributed by atoms with Crippen LogP contribution in [-0.4, -0.2) is 11.4 Å². The van der Waals surface area contributed by atoms with Crippen LogP contribution in [0.4, 0.5) is 0 Å². The molecule has 0 aromatic heterocycles. The molecule has 0 amide bonds. The van der Waals surface area contributed by atoms with E-state index in [1.165, 1.54) is 0 Å². The van der Waals surface area contributed by atoms with Gasteiger partial charge in [-0.2, -0.15) is 0 Å². The van der Waals surface area contributed by atoms with Gasteiger partial charge in [0.1, 0.15) is 18.1 Å². The van der Waals surface area contributed by atoms with Crippen molar-refractivity contribution in [1.29, 1.82) is 0 Å². The molecule has 0 fully saturated rings. The summed E-state index contributed by atoms with van der Waals surface area (Å²) in [6, 6.07) is 16.5. The second-order valence-electron chi connectivity index (χ2n) is 4.43. The van der Waals surface area contributed by atoms with Crippen molar-refractivity contribution in [3.8, 4) is 0 Å². The number of aldehydes is 1. The minimum absolute atomic E-state index is 0.180. The fourth-order valence-electron chi connectivity index (χ4n) is 2.35. The molecule has 0 aliphatic carbocycles. The Morgan fingerprint density at radius 3 is 2.42 bits per heavy atom. The number of rotatable bonds is 2. The quantitative estimate of drug-likeness (QED) is 0.807. The molecule has 2 N–H and O–H groups in total. The minimum atomic E-state index is -0.428. The van der Waals surface area contributed by atoms with Gasteiger partial charge in [-0.3, -0.25) is 0 Å². The van der Waals surface area contributed by atoms with Gasteiger partial charge in [-0.25, -0.2) is 0 Å². The van der Waals surface area contributed by atoms with Crippen LogP contribution in [0.25, 0.3) is 11.5 Å². The maximum Gasteiger partial charge on any atom is 0.146 e. The summed E-state index contributed by atoms with van der Waals surface area (Å²) in [6.45, 7) is 0. The van der Waals surface area contributed by atoms with E-state index in [2.05, 4.69) is 5.32 Å². The third kappa shape index (κ3) is 1.89. The zero-order chi connectivity index (χ0) is 13.2. The van der Waals surface area contributed by atoms with Crippen LogP contribution in [0.1, 0.15) is 22.7 Å². The predicted octanol–water partition coefficient (Wildman–Crippen LogP) is 2.91. The monoisotopic (exact) mass is 251 g/mol. The molecule has 19 heavy (non-hydrogen) atoms. The summed E-state index contributed by atoms with van der Waals surface area (Å²) in [6.07, 6.45) is 0.855. The van der Waals surface area contributed by atoms with E-state index in [0.29, 0.717) is 11.3 Å². The second kappa shape index (κ2) is 4.61. The van der Waals surface area contributed by atoms with Crippen molar-refractivity contribution in [1.82, 2.24) is 5.32 Å². The molecule has 0 bridgehead atoms. The van der Waals surface area contributed by atoms with E-state index in [9.17, 15) is 9.90 Å². The molecule has 3 heteroatoms. The molecular formula is C16H13NO2. The van der Waals surface area contributed by atoms with Crippen molar-refractivity contribution >= 4 is 17.7 Å². The predicted molar refractivity (Wildman–Crippen MR) is 74.3 cm³/mol. The molecule has 1 unspecified atom stereocenters. The van der Waals surface area contributed by atoms with Crippen LogP contribution in [0.3, 0.4) is 0 Å². The van der Waals surface area contributed by atoms with E-state index in [1.807, 2.05) is 54.6 Å². The van der Waals surface area contributed by atoms with Crippen LogP contribution in [0.5, 0.6) is 0 Å². The molecule has 1 atom stereocenters. The first-order chi connectivity index (χ1) is 9.31. The average Bonchev–Trinajstić information content (AvgIpc) is 2.49. The van der Waals surface area contributed by atoms with Crippen molar-refractivity contribution in [3.05, 3.63) is 71.3 Å². The summed E-state index contributed by atoms with van der Waals surface area (Å²) < 4.78 is 0. The average molecular weight is 251 g/mol. The lowest BCUT2D eigenvalue weighted by Crippen LogP contribution is -2.27. The molecule has 2 aromatic carbocycles. The Bertz CT molecular complexity index is 647. The lowest BCUT2D eigenvalue weighted by Gasteiger charge is -2.26. The molecule has 1 aliphatic rings. The highest BCUT2D eigenvalue weighted by Gasteiger charge is 2.25. The first-order valence-corrected chi connectivity index (χ1v) is 6.11. The number of carbonyl (C=O) groups is 1. The first kappa shape index (κ1) is 11.5. The topological polar surface area (TPSA) is 49.3 Å². The molecular weight excluding hydrogens is 238 g/mol. The Balaban J connectivity index is 2.19. The van der Waals surface area contributed by atoms with Crippen LogP contribution in [0.15, 0.2) is 54.6 Å². The Morgan fingerprint density at radius 2 is 1.68 bits per heavy atom. The van der Waals surface area contributed by atoms with Gasteiger partial charge in [-0.05, 0) is 5.56 Å². The zero-order valence-electron chi connectivity index (χ0n) is 10.2. The molecule has 0 saturated carbocycles. The summed E-state index contributed by atoms with van der Waals surface area (Å²) >= 11 is 0. The Hall–Kier alpha value is -2.55. The van der Waals surface area contributed by atoms with Gasteiger partial charge in [0.15, 0.2) is 0 Å². The molecule has 0 spiro atoms. The first-order valence-electron chi connectivity index (χ1n) is 6.11. The molecule has 0 saturated heterocycles. The Kier molecular flexibility index (Phi) is 2.80. The fraction of sp³-hybridized carbons (Fsp3) is 0.0625. The molecule has 1 heterocycles. The normalized spacial score (nSPS) is 17.6. The van der Waals surface area contributed by atoms with Crippen molar-refractivity contribution in [2.45, 2.75) is 6.04 Å². The molecule has 1 aliphatic heterocycles. The number of carbonyl (C=O) groups excluding carboxylic acids is 1. The number of nitrogens with one attached hydrogen (secondary N) is 1. The largest absolute Gasteiger partial charge is 0.505 e. The highest BCUT2D eigenvalue weighted by molar-refractivity contribution is 5.91. The fourth-order valence-corrected chi connectivity index (χ4v) is 2.35. The van der Waals surface area contributed by atoms with Crippen molar-refractivity contribution in [2.24, 2.45) is 0 Å². The van der Waals surface area contributed by atoms with Gasteiger partial charge in [0.25, 0.3) is 0 Å². The van der Waals surface area contributed by atoms with Gasteiger partial charge in [0, 0.05) is 11.1 Å². The Labute approximate surface area is 111 Å². The van der Waals surface area contributed by atoms with Crippen molar-refractivity contribution in [2.75, 3.05) is 0 Å². The van der Waals surface area contributed by atoms with E-state index in [4.69, 9.17) is 0 Å². The van der Waals surface area contributed by atoms with Gasteiger partial charge in [-0.1, -0.05) is 54.6 Å². The zero-order valence-corrected chi connectivity index (χ0v) is 10.2. The number of hydrogen-bond acceptors (Lipinski definition) is 3. The Morgan fingerprint density at radius 1 is 1.00 bits per heavy atom. The molecule has 94 valence electrons. The highest BCUT2D eigenvalue weighted by Crippen LogP contribution is 2.33. The van der Waals surface area contributed by atoms with Crippen LogP contribution in [0, 0.1) is 0 Å². The molecule has 0 radical (unpaired) electrons. The maximum atomic E-state index is 11.2. The van der Waals surface area contributed by atoms with Crippen LogP contribution >= 0.6 is 0 Å². The number of fused-ring (bicyclic) bond motifs is 1. The summed E-state index contributed by atoms with van der Waals surface area (Å²) in [4.78, 5) is 11.2. The van der Waals surface area contributed by atoms with E-state index < -0.39 is 6.04 Å². The smallest absolute Gasteiger partial charge is 0.146 e. The van der Waals surface area contributed by atoms with Gasteiger partial charge in [0.05, 0.1) is 5.70 Å². The second-order valence-corrected chi connectivity index (χ2v) is 4.43. The molecule has 3 rings (SSSR count). The van der Waals surface area contributed by atoms with Gasteiger partial charge < -0.3 is 15.2 Å². The SMILES string of the molecule is O=CC1NC(c2ccccc2)=C(O)c2ccccc21. The van der Waals surface area contributed by atoms with E-state index in [0.717, 1.165) is 17.4 Å². The number of hydrogen-bond donors (Lipinski definition) is 2. The molecule has 2 aromatic rings. The summed E-state index contributed by atoms with van der Waals surface area (Å²) in [5.41, 5.74) is 2.96. The maximum absolute atomic E-state index is 11.2. The number of aliphatic hydroxyl groups is 1. The minimum Gasteiger partial charge on any atom is -0.505 e.